The lowest BCUT2D eigenvalue weighted by atomic mass is 10.0. The molecule has 0 fully saturated rings. The lowest BCUT2D eigenvalue weighted by Gasteiger charge is -2.13. The summed E-state index contributed by atoms with van der Waals surface area (Å²) in [6.07, 6.45) is 16.8. The average Bonchev–Trinajstić information content (AvgIpc) is 2.81. The van der Waals surface area contributed by atoms with Gasteiger partial charge in [0, 0.05) is 19.4 Å². The summed E-state index contributed by atoms with van der Waals surface area (Å²) in [7, 11) is 0. The SMILES string of the molecule is CCCCCCCCCCCCCCOC(=O)CCCC(=O)NCC(C)c1ccccc1. The van der Waals surface area contributed by atoms with Gasteiger partial charge in [-0.2, -0.15) is 0 Å². The first-order valence-corrected chi connectivity index (χ1v) is 13.1. The fourth-order valence-electron chi connectivity index (χ4n) is 3.85. The second-order valence-electron chi connectivity index (χ2n) is 9.08. The third-order valence-corrected chi connectivity index (χ3v) is 6.02. The van der Waals surface area contributed by atoms with E-state index < -0.39 is 0 Å². The van der Waals surface area contributed by atoms with Gasteiger partial charge in [-0.15, -0.1) is 0 Å². The summed E-state index contributed by atoms with van der Waals surface area (Å²) < 4.78 is 5.30. The molecule has 0 aromatic heterocycles. The van der Waals surface area contributed by atoms with Gasteiger partial charge in [0.15, 0.2) is 0 Å². The first-order chi connectivity index (χ1) is 15.6. The molecule has 4 heteroatoms. The van der Waals surface area contributed by atoms with Crippen LogP contribution in [0.2, 0.25) is 0 Å². The summed E-state index contributed by atoms with van der Waals surface area (Å²) in [5.41, 5.74) is 1.22. The van der Waals surface area contributed by atoms with E-state index >= 15 is 0 Å². The van der Waals surface area contributed by atoms with E-state index in [1.807, 2.05) is 18.2 Å². The lowest BCUT2D eigenvalue weighted by Crippen LogP contribution is -2.27. The van der Waals surface area contributed by atoms with Crippen molar-refractivity contribution in [2.45, 2.75) is 116 Å². The molecule has 0 aliphatic heterocycles. The predicted octanol–water partition coefficient (Wildman–Crippen LogP) is 7.32. The number of carbonyl (C=O) groups is 2. The Bertz CT molecular complexity index is 588. The van der Waals surface area contributed by atoms with Crippen LogP contribution in [0, 0.1) is 0 Å². The summed E-state index contributed by atoms with van der Waals surface area (Å²) >= 11 is 0. The average molecular weight is 446 g/mol. The minimum Gasteiger partial charge on any atom is -0.466 e. The van der Waals surface area contributed by atoms with E-state index in [1.165, 1.54) is 69.8 Å². The molecule has 0 heterocycles. The van der Waals surface area contributed by atoms with E-state index in [4.69, 9.17) is 4.74 Å². The first-order valence-electron chi connectivity index (χ1n) is 13.1. The van der Waals surface area contributed by atoms with E-state index in [2.05, 4.69) is 31.3 Å². The maximum Gasteiger partial charge on any atom is 0.305 e. The molecule has 1 aromatic rings. The number of carbonyl (C=O) groups excluding carboxylic acids is 2. The molecule has 1 aromatic carbocycles. The Morgan fingerprint density at radius 1 is 0.781 bits per heavy atom. The van der Waals surface area contributed by atoms with Gasteiger partial charge in [0.25, 0.3) is 0 Å². The van der Waals surface area contributed by atoms with Gasteiger partial charge in [-0.1, -0.05) is 115 Å². The minimum absolute atomic E-state index is 0.00143. The molecule has 1 unspecified atom stereocenters. The fourth-order valence-corrected chi connectivity index (χ4v) is 3.85. The molecule has 1 rings (SSSR count). The molecule has 0 bridgehead atoms. The summed E-state index contributed by atoms with van der Waals surface area (Å²) in [5.74, 6) is 0.0979. The van der Waals surface area contributed by atoms with Crippen LogP contribution in [0.1, 0.15) is 122 Å². The Labute approximate surface area is 196 Å². The van der Waals surface area contributed by atoms with Crippen molar-refractivity contribution in [3.05, 3.63) is 35.9 Å². The molecule has 0 spiro atoms. The van der Waals surface area contributed by atoms with Crippen molar-refractivity contribution in [2.75, 3.05) is 13.2 Å². The summed E-state index contributed by atoms with van der Waals surface area (Å²) in [5, 5.41) is 2.96. The number of benzene rings is 1. The quantitative estimate of drug-likeness (QED) is 0.169. The molecule has 182 valence electrons. The number of ether oxygens (including phenoxy) is 1. The largest absolute Gasteiger partial charge is 0.466 e. The number of esters is 1. The molecule has 0 saturated carbocycles. The van der Waals surface area contributed by atoms with Crippen molar-refractivity contribution in [3.63, 3.8) is 0 Å². The van der Waals surface area contributed by atoms with Crippen LogP contribution < -0.4 is 5.32 Å². The fraction of sp³-hybridized carbons (Fsp3) is 0.714. The Balaban J connectivity index is 1.87. The third-order valence-electron chi connectivity index (χ3n) is 6.02. The first kappa shape index (κ1) is 28.2. The van der Waals surface area contributed by atoms with Crippen LogP contribution >= 0.6 is 0 Å². The van der Waals surface area contributed by atoms with Crippen molar-refractivity contribution in [1.29, 1.82) is 0 Å². The number of unbranched alkanes of at least 4 members (excludes halogenated alkanes) is 11. The molecule has 0 aliphatic carbocycles. The van der Waals surface area contributed by atoms with Crippen LogP contribution in [0.3, 0.4) is 0 Å². The van der Waals surface area contributed by atoms with Gasteiger partial charge < -0.3 is 10.1 Å². The van der Waals surface area contributed by atoms with Gasteiger partial charge in [0.05, 0.1) is 6.61 Å². The van der Waals surface area contributed by atoms with Gasteiger partial charge in [0.2, 0.25) is 5.91 Å². The number of hydrogen-bond donors (Lipinski definition) is 1. The van der Waals surface area contributed by atoms with Crippen LogP contribution in [0.25, 0.3) is 0 Å². The van der Waals surface area contributed by atoms with E-state index in [9.17, 15) is 9.59 Å². The predicted molar refractivity (Wildman–Crippen MR) is 134 cm³/mol. The normalized spacial score (nSPS) is 11.8. The molecule has 1 amide bonds. The van der Waals surface area contributed by atoms with E-state index in [0.29, 0.717) is 32.4 Å². The highest BCUT2D eigenvalue weighted by Gasteiger charge is 2.09. The van der Waals surface area contributed by atoms with E-state index in [-0.39, 0.29) is 17.8 Å². The van der Waals surface area contributed by atoms with Crippen LogP contribution in [0.15, 0.2) is 30.3 Å². The Kier molecular flexibility index (Phi) is 17.5. The number of nitrogens with one attached hydrogen (secondary N) is 1. The van der Waals surface area contributed by atoms with Gasteiger partial charge >= 0.3 is 5.97 Å². The number of hydrogen-bond acceptors (Lipinski definition) is 3. The number of rotatable bonds is 20. The Morgan fingerprint density at radius 3 is 1.94 bits per heavy atom. The lowest BCUT2D eigenvalue weighted by molar-refractivity contribution is -0.143. The highest BCUT2D eigenvalue weighted by Crippen LogP contribution is 2.14. The molecule has 32 heavy (non-hydrogen) atoms. The van der Waals surface area contributed by atoms with E-state index in [1.54, 1.807) is 0 Å². The summed E-state index contributed by atoms with van der Waals surface area (Å²) in [6, 6.07) is 10.2. The molecule has 0 aliphatic rings. The molecular weight excluding hydrogens is 398 g/mol. The monoisotopic (exact) mass is 445 g/mol. The van der Waals surface area contributed by atoms with Gasteiger partial charge in [-0.05, 0) is 24.3 Å². The van der Waals surface area contributed by atoms with Crippen LogP contribution in [-0.2, 0) is 14.3 Å². The van der Waals surface area contributed by atoms with Crippen molar-refractivity contribution in [3.8, 4) is 0 Å². The van der Waals surface area contributed by atoms with Gasteiger partial charge in [-0.3, -0.25) is 9.59 Å². The molecule has 0 radical (unpaired) electrons. The summed E-state index contributed by atoms with van der Waals surface area (Å²) in [6.45, 7) is 5.49. The van der Waals surface area contributed by atoms with Crippen LogP contribution in [0.5, 0.6) is 0 Å². The van der Waals surface area contributed by atoms with Gasteiger partial charge in [0.1, 0.15) is 0 Å². The highest BCUT2D eigenvalue weighted by molar-refractivity contribution is 5.77. The van der Waals surface area contributed by atoms with Crippen molar-refractivity contribution >= 4 is 11.9 Å². The maximum atomic E-state index is 12.0. The van der Waals surface area contributed by atoms with Crippen LogP contribution in [0.4, 0.5) is 0 Å². The standard InChI is InChI=1S/C28H47NO3/c1-3-4-5-6-7-8-9-10-11-12-13-17-23-32-28(31)22-18-21-27(30)29-24-25(2)26-19-15-14-16-20-26/h14-16,19-20,25H,3-13,17-18,21-24H2,1-2H3,(H,29,30). The second-order valence-corrected chi connectivity index (χ2v) is 9.08. The third kappa shape index (κ3) is 15.9. The van der Waals surface area contributed by atoms with Crippen molar-refractivity contribution < 1.29 is 14.3 Å². The Hall–Kier alpha value is -1.84. The summed E-state index contributed by atoms with van der Waals surface area (Å²) in [4.78, 5) is 23.8. The molecule has 1 atom stereocenters. The highest BCUT2D eigenvalue weighted by atomic mass is 16.5. The zero-order valence-corrected chi connectivity index (χ0v) is 20.7. The van der Waals surface area contributed by atoms with Gasteiger partial charge in [-0.25, -0.2) is 0 Å². The maximum absolute atomic E-state index is 12.0. The Morgan fingerprint density at radius 2 is 1.34 bits per heavy atom. The molecule has 0 saturated heterocycles. The number of amides is 1. The van der Waals surface area contributed by atoms with E-state index in [0.717, 1.165) is 12.8 Å². The zero-order valence-electron chi connectivity index (χ0n) is 20.7. The smallest absolute Gasteiger partial charge is 0.305 e. The van der Waals surface area contributed by atoms with Crippen LogP contribution in [-0.4, -0.2) is 25.0 Å². The van der Waals surface area contributed by atoms with Crippen molar-refractivity contribution in [1.82, 2.24) is 5.32 Å². The van der Waals surface area contributed by atoms with Crippen molar-refractivity contribution in [2.24, 2.45) is 0 Å². The molecule has 4 nitrogen and oxygen atoms in total. The topological polar surface area (TPSA) is 55.4 Å². The zero-order chi connectivity index (χ0) is 23.3. The minimum atomic E-state index is -0.182. The molecular formula is C28H47NO3. The molecule has 1 N–H and O–H groups in total. The second kappa shape index (κ2) is 19.8.